The van der Waals surface area contributed by atoms with Crippen molar-refractivity contribution in [2.45, 2.75) is 52.4 Å². The van der Waals surface area contributed by atoms with Gasteiger partial charge in [-0.3, -0.25) is 0 Å². The summed E-state index contributed by atoms with van der Waals surface area (Å²) in [6.07, 6.45) is 17.6. The van der Waals surface area contributed by atoms with Crippen LogP contribution in [0, 0.1) is 36.5 Å². The van der Waals surface area contributed by atoms with Crippen LogP contribution < -0.4 is 0 Å². The molecule has 2 rings (SSSR count). The van der Waals surface area contributed by atoms with Gasteiger partial charge >= 0.3 is 0 Å². The molecule has 0 saturated carbocycles. The fourth-order valence-corrected chi connectivity index (χ4v) is 3.02. The number of terminal acetylenes is 2. The predicted molar refractivity (Wildman–Crippen MR) is 96.6 cm³/mol. The molecule has 0 aromatic rings. The highest BCUT2D eigenvalue weighted by molar-refractivity contribution is 4.86. The molecule has 2 nitrogen and oxygen atoms in total. The van der Waals surface area contributed by atoms with Gasteiger partial charge < -0.3 is 9.80 Å². The number of hydrogen-bond acceptors (Lipinski definition) is 2. The lowest BCUT2D eigenvalue weighted by Crippen LogP contribution is -2.33. The summed E-state index contributed by atoms with van der Waals surface area (Å²) in [6, 6.07) is 0. The summed E-state index contributed by atoms with van der Waals surface area (Å²) in [5, 5.41) is 0. The Labute approximate surface area is 138 Å². The summed E-state index contributed by atoms with van der Waals surface area (Å²) in [5.41, 5.74) is 0. The van der Waals surface area contributed by atoms with Crippen molar-refractivity contribution in [2.75, 3.05) is 39.3 Å². The molecule has 22 heavy (non-hydrogen) atoms. The Bertz CT molecular complexity index is 311. The highest BCUT2D eigenvalue weighted by Crippen LogP contribution is 2.16. The highest BCUT2D eigenvalue weighted by atomic mass is 15.1. The van der Waals surface area contributed by atoms with E-state index < -0.39 is 0 Å². The first-order chi connectivity index (χ1) is 10.7. The van der Waals surface area contributed by atoms with Crippen molar-refractivity contribution in [3.05, 3.63) is 0 Å². The maximum Gasteiger partial charge on any atom is 0.0214 e. The van der Waals surface area contributed by atoms with Gasteiger partial charge in [0, 0.05) is 25.9 Å². The van der Waals surface area contributed by atoms with Crippen LogP contribution >= 0.6 is 0 Å². The molecule has 0 bridgehead atoms. The second-order valence-corrected chi connectivity index (χ2v) is 6.96. The average Bonchev–Trinajstić information content (AvgIpc) is 2.54. The van der Waals surface area contributed by atoms with E-state index in [0.29, 0.717) is 0 Å². The maximum absolute atomic E-state index is 5.20. The minimum Gasteiger partial charge on any atom is -0.302 e. The average molecular weight is 303 g/mol. The van der Waals surface area contributed by atoms with Crippen LogP contribution in [0.3, 0.4) is 0 Å². The molecule has 2 aliphatic rings. The number of rotatable bonds is 4. The molecule has 0 radical (unpaired) electrons. The smallest absolute Gasteiger partial charge is 0.0214 e. The molecule has 0 aromatic heterocycles. The number of hydrogen-bond donors (Lipinski definition) is 0. The molecule has 2 heteroatoms. The van der Waals surface area contributed by atoms with Gasteiger partial charge in [-0.05, 0) is 63.7 Å². The Balaban J connectivity index is 0.000000220. The summed E-state index contributed by atoms with van der Waals surface area (Å²) in [7, 11) is 0. The Morgan fingerprint density at radius 1 is 0.727 bits per heavy atom. The number of piperidine rings is 2. The van der Waals surface area contributed by atoms with Crippen LogP contribution in [0.5, 0.6) is 0 Å². The third kappa shape index (κ3) is 8.47. The standard InChI is InChI=1S/2C10H17N/c2*1-3-4-7-11-8-5-10(2)6-9-11/h2*1,10H,4-9H2,2H3. The van der Waals surface area contributed by atoms with E-state index in [4.69, 9.17) is 12.8 Å². The molecular formula is C20H34N2. The van der Waals surface area contributed by atoms with Gasteiger partial charge in [-0.25, -0.2) is 0 Å². The van der Waals surface area contributed by atoms with Gasteiger partial charge in [0.05, 0.1) is 0 Å². The molecule has 0 atom stereocenters. The first kappa shape index (κ1) is 19.1. The summed E-state index contributed by atoms with van der Waals surface area (Å²) >= 11 is 0. The van der Waals surface area contributed by atoms with Crippen LogP contribution in [-0.4, -0.2) is 49.1 Å². The van der Waals surface area contributed by atoms with Crippen LogP contribution in [0.25, 0.3) is 0 Å². The largest absolute Gasteiger partial charge is 0.302 e. The third-order valence-corrected chi connectivity index (χ3v) is 4.90. The zero-order chi connectivity index (χ0) is 16.2. The Morgan fingerprint density at radius 2 is 1.05 bits per heavy atom. The van der Waals surface area contributed by atoms with E-state index in [-0.39, 0.29) is 0 Å². The van der Waals surface area contributed by atoms with Gasteiger partial charge in [-0.15, -0.1) is 24.7 Å². The second kappa shape index (κ2) is 11.6. The molecule has 0 amide bonds. The van der Waals surface area contributed by atoms with Crippen molar-refractivity contribution in [3.8, 4) is 24.7 Å². The zero-order valence-corrected chi connectivity index (χ0v) is 14.7. The lowest BCUT2D eigenvalue weighted by Gasteiger charge is -2.29. The van der Waals surface area contributed by atoms with Crippen LogP contribution in [0.2, 0.25) is 0 Å². The van der Waals surface area contributed by atoms with E-state index >= 15 is 0 Å². The monoisotopic (exact) mass is 302 g/mol. The van der Waals surface area contributed by atoms with Crippen LogP contribution in [-0.2, 0) is 0 Å². The van der Waals surface area contributed by atoms with Crippen LogP contribution in [0.4, 0.5) is 0 Å². The zero-order valence-electron chi connectivity index (χ0n) is 14.7. The van der Waals surface area contributed by atoms with Crippen molar-refractivity contribution < 1.29 is 0 Å². The molecule has 2 aliphatic heterocycles. The van der Waals surface area contributed by atoms with Gasteiger partial charge in [0.1, 0.15) is 0 Å². The second-order valence-electron chi connectivity index (χ2n) is 6.96. The number of likely N-dealkylation sites (tertiary alicyclic amines) is 2. The molecular weight excluding hydrogens is 268 g/mol. The maximum atomic E-state index is 5.20. The summed E-state index contributed by atoms with van der Waals surface area (Å²) in [5.74, 6) is 7.22. The molecule has 0 aliphatic carbocycles. The third-order valence-electron chi connectivity index (χ3n) is 4.90. The van der Waals surface area contributed by atoms with E-state index in [2.05, 4.69) is 35.5 Å². The predicted octanol–water partition coefficient (Wildman–Crippen LogP) is 3.48. The van der Waals surface area contributed by atoms with Crippen molar-refractivity contribution in [2.24, 2.45) is 11.8 Å². The van der Waals surface area contributed by atoms with Crippen molar-refractivity contribution in [1.29, 1.82) is 0 Å². The Morgan fingerprint density at radius 3 is 1.32 bits per heavy atom. The molecule has 0 spiro atoms. The minimum absolute atomic E-state index is 0.911. The van der Waals surface area contributed by atoms with E-state index in [1.807, 2.05) is 0 Å². The van der Waals surface area contributed by atoms with Gasteiger partial charge in [0.15, 0.2) is 0 Å². The van der Waals surface area contributed by atoms with Gasteiger partial charge in [0.2, 0.25) is 0 Å². The van der Waals surface area contributed by atoms with E-state index in [1.54, 1.807) is 0 Å². The van der Waals surface area contributed by atoms with Crippen molar-refractivity contribution in [3.63, 3.8) is 0 Å². The molecule has 2 saturated heterocycles. The molecule has 0 N–H and O–H groups in total. The van der Waals surface area contributed by atoms with E-state index in [1.165, 1.54) is 51.9 Å². The van der Waals surface area contributed by atoms with E-state index in [0.717, 1.165) is 37.8 Å². The van der Waals surface area contributed by atoms with Gasteiger partial charge in [0.25, 0.3) is 0 Å². The summed E-state index contributed by atoms with van der Waals surface area (Å²) in [6.45, 7) is 11.9. The molecule has 2 fully saturated rings. The topological polar surface area (TPSA) is 6.48 Å². The molecule has 0 unspecified atom stereocenters. The fourth-order valence-electron chi connectivity index (χ4n) is 3.02. The lowest BCUT2D eigenvalue weighted by molar-refractivity contribution is 0.196. The van der Waals surface area contributed by atoms with E-state index in [9.17, 15) is 0 Å². The van der Waals surface area contributed by atoms with Crippen LogP contribution in [0.1, 0.15) is 52.4 Å². The first-order valence-electron chi connectivity index (χ1n) is 8.97. The molecule has 0 aromatic carbocycles. The SMILES string of the molecule is C#CCCN1CCC(C)CC1.C#CCCN1CCC(C)CC1. The van der Waals surface area contributed by atoms with Crippen molar-refractivity contribution >= 4 is 0 Å². The van der Waals surface area contributed by atoms with Crippen molar-refractivity contribution in [1.82, 2.24) is 9.80 Å². The van der Waals surface area contributed by atoms with Crippen LogP contribution in [0.15, 0.2) is 0 Å². The number of nitrogens with zero attached hydrogens (tertiary/aromatic N) is 2. The quantitative estimate of drug-likeness (QED) is 0.734. The van der Waals surface area contributed by atoms with Gasteiger partial charge in [-0.1, -0.05) is 13.8 Å². The Kier molecular flexibility index (Phi) is 10.1. The Hall–Kier alpha value is -0.960. The molecule has 2 heterocycles. The first-order valence-corrected chi connectivity index (χ1v) is 8.97. The fraction of sp³-hybridized carbons (Fsp3) is 0.800. The minimum atomic E-state index is 0.911. The lowest BCUT2D eigenvalue weighted by atomic mass is 9.99. The summed E-state index contributed by atoms with van der Waals surface area (Å²) < 4.78 is 0. The van der Waals surface area contributed by atoms with Gasteiger partial charge in [-0.2, -0.15) is 0 Å². The highest BCUT2D eigenvalue weighted by Gasteiger charge is 2.14. The normalized spacial score (nSPS) is 21.5. The summed E-state index contributed by atoms with van der Waals surface area (Å²) in [4.78, 5) is 4.94. The molecule has 124 valence electrons.